The lowest BCUT2D eigenvalue weighted by Crippen LogP contribution is -2.23. The highest BCUT2D eigenvalue weighted by Gasteiger charge is 2.02. The molecule has 0 aliphatic heterocycles. The number of rotatable bonds is 6. The molecule has 0 saturated heterocycles. The van der Waals surface area contributed by atoms with E-state index < -0.39 is 0 Å². The van der Waals surface area contributed by atoms with Gasteiger partial charge >= 0.3 is 0 Å². The summed E-state index contributed by atoms with van der Waals surface area (Å²) in [5.41, 5.74) is 2.58. The molecule has 0 bridgehead atoms. The van der Waals surface area contributed by atoms with Crippen molar-refractivity contribution < 1.29 is 4.74 Å². The lowest BCUT2D eigenvalue weighted by Gasteiger charge is -2.12. The molecule has 0 saturated carbocycles. The van der Waals surface area contributed by atoms with Crippen LogP contribution in [0.25, 0.3) is 0 Å². The maximum atomic E-state index is 5.10. The van der Waals surface area contributed by atoms with E-state index in [1.807, 2.05) is 0 Å². The van der Waals surface area contributed by atoms with E-state index in [1.54, 1.807) is 7.11 Å². The minimum absolute atomic E-state index is 0.550. The van der Waals surface area contributed by atoms with Gasteiger partial charge in [-0.25, -0.2) is 0 Å². The van der Waals surface area contributed by atoms with Gasteiger partial charge in [0.25, 0.3) is 0 Å². The van der Waals surface area contributed by atoms with Gasteiger partial charge < -0.3 is 10.1 Å². The van der Waals surface area contributed by atoms with Gasteiger partial charge in [0, 0.05) is 31.3 Å². The Morgan fingerprint density at radius 2 is 2.19 bits per heavy atom. The third kappa shape index (κ3) is 4.64. The van der Waals surface area contributed by atoms with E-state index in [1.165, 1.54) is 15.6 Å². The van der Waals surface area contributed by atoms with Crippen molar-refractivity contribution >= 4 is 15.9 Å². The zero-order valence-corrected chi connectivity index (χ0v) is 11.8. The van der Waals surface area contributed by atoms with E-state index in [-0.39, 0.29) is 0 Å². The molecule has 0 aliphatic rings. The summed E-state index contributed by atoms with van der Waals surface area (Å²) in [5.74, 6) is 0.550. The maximum Gasteiger partial charge on any atom is 0.0499 e. The number of halogens is 1. The first-order chi connectivity index (χ1) is 7.63. The van der Waals surface area contributed by atoms with Gasteiger partial charge in [0.1, 0.15) is 0 Å². The first-order valence-electron chi connectivity index (χ1n) is 5.58. The molecule has 1 unspecified atom stereocenters. The molecule has 2 nitrogen and oxygen atoms in total. The number of ether oxygens (including phenoxy) is 1. The van der Waals surface area contributed by atoms with Crippen LogP contribution in [0, 0.1) is 12.8 Å². The first-order valence-corrected chi connectivity index (χ1v) is 6.37. The van der Waals surface area contributed by atoms with Crippen molar-refractivity contribution in [2.24, 2.45) is 5.92 Å². The van der Waals surface area contributed by atoms with Gasteiger partial charge in [0.15, 0.2) is 0 Å². The lowest BCUT2D eigenvalue weighted by molar-refractivity contribution is 0.158. The zero-order chi connectivity index (χ0) is 12.0. The molecule has 1 aromatic carbocycles. The van der Waals surface area contributed by atoms with Crippen molar-refractivity contribution in [2.45, 2.75) is 20.4 Å². The second-order valence-corrected chi connectivity index (χ2v) is 5.14. The standard InChI is InChI=1S/C13H20BrNO/c1-10-4-5-12(13(14)6-10)8-15-7-11(2)9-16-3/h4-6,11,15H,7-9H2,1-3H3. The third-order valence-corrected chi connectivity index (χ3v) is 3.21. The average Bonchev–Trinajstić information content (AvgIpc) is 2.22. The van der Waals surface area contributed by atoms with Crippen LogP contribution in [-0.2, 0) is 11.3 Å². The van der Waals surface area contributed by atoms with Crippen molar-refractivity contribution in [2.75, 3.05) is 20.3 Å². The largest absolute Gasteiger partial charge is 0.384 e. The summed E-state index contributed by atoms with van der Waals surface area (Å²) in [6, 6.07) is 6.45. The first kappa shape index (κ1) is 13.7. The monoisotopic (exact) mass is 285 g/mol. The van der Waals surface area contributed by atoms with Crippen molar-refractivity contribution in [1.29, 1.82) is 0 Å². The SMILES string of the molecule is COCC(C)CNCc1ccc(C)cc1Br. The van der Waals surface area contributed by atoms with Crippen LogP contribution in [0.2, 0.25) is 0 Å². The van der Waals surface area contributed by atoms with Gasteiger partial charge in [-0.1, -0.05) is 35.0 Å². The van der Waals surface area contributed by atoms with Crippen molar-refractivity contribution in [1.82, 2.24) is 5.32 Å². The van der Waals surface area contributed by atoms with E-state index in [9.17, 15) is 0 Å². The van der Waals surface area contributed by atoms with Crippen molar-refractivity contribution in [3.05, 3.63) is 33.8 Å². The molecular weight excluding hydrogens is 266 g/mol. The van der Waals surface area contributed by atoms with Crippen LogP contribution in [0.3, 0.4) is 0 Å². The van der Waals surface area contributed by atoms with Crippen molar-refractivity contribution in [3.8, 4) is 0 Å². The highest BCUT2D eigenvalue weighted by Crippen LogP contribution is 2.18. The maximum absolute atomic E-state index is 5.10. The van der Waals surface area contributed by atoms with Crippen LogP contribution in [0.1, 0.15) is 18.1 Å². The molecule has 0 spiro atoms. The molecule has 1 rings (SSSR count). The Balaban J connectivity index is 2.37. The number of hydrogen-bond acceptors (Lipinski definition) is 2. The fraction of sp³-hybridized carbons (Fsp3) is 0.538. The molecule has 0 amide bonds. The number of nitrogens with one attached hydrogen (secondary N) is 1. The second-order valence-electron chi connectivity index (χ2n) is 4.29. The van der Waals surface area contributed by atoms with Gasteiger partial charge in [0.05, 0.1) is 0 Å². The van der Waals surface area contributed by atoms with Gasteiger partial charge in [-0.15, -0.1) is 0 Å². The molecule has 0 fully saturated rings. The fourth-order valence-electron chi connectivity index (χ4n) is 1.59. The molecule has 1 aromatic rings. The summed E-state index contributed by atoms with van der Waals surface area (Å²) < 4.78 is 6.28. The Bertz CT molecular complexity index is 328. The Morgan fingerprint density at radius 3 is 2.81 bits per heavy atom. The van der Waals surface area contributed by atoms with E-state index in [4.69, 9.17) is 4.74 Å². The quantitative estimate of drug-likeness (QED) is 0.867. The van der Waals surface area contributed by atoms with E-state index >= 15 is 0 Å². The molecule has 16 heavy (non-hydrogen) atoms. The number of benzene rings is 1. The molecule has 1 atom stereocenters. The lowest BCUT2D eigenvalue weighted by atomic mass is 10.1. The van der Waals surface area contributed by atoms with Crippen LogP contribution in [0.4, 0.5) is 0 Å². The molecule has 3 heteroatoms. The Morgan fingerprint density at radius 1 is 1.44 bits per heavy atom. The van der Waals surface area contributed by atoms with Crippen LogP contribution in [0.15, 0.2) is 22.7 Å². The van der Waals surface area contributed by atoms with Crippen LogP contribution >= 0.6 is 15.9 Å². The minimum atomic E-state index is 0.550. The highest BCUT2D eigenvalue weighted by atomic mass is 79.9. The van der Waals surface area contributed by atoms with E-state index in [0.717, 1.165) is 19.7 Å². The predicted octanol–water partition coefficient (Wildman–Crippen LogP) is 3.13. The third-order valence-electron chi connectivity index (χ3n) is 2.47. The molecule has 0 aromatic heterocycles. The average molecular weight is 286 g/mol. The normalized spacial score (nSPS) is 12.8. The highest BCUT2D eigenvalue weighted by molar-refractivity contribution is 9.10. The Hall–Kier alpha value is -0.380. The summed E-state index contributed by atoms with van der Waals surface area (Å²) in [7, 11) is 1.74. The molecule has 1 N–H and O–H groups in total. The summed E-state index contributed by atoms with van der Waals surface area (Å²) in [6.07, 6.45) is 0. The van der Waals surface area contributed by atoms with Gasteiger partial charge in [-0.3, -0.25) is 0 Å². The van der Waals surface area contributed by atoms with E-state index in [0.29, 0.717) is 5.92 Å². The number of hydrogen-bond donors (Lipinski definition) is 1. The molecule has 0 aliphatic carbocycles. The molecule has 90 valence electrons. The summed E-state index contributed by atoms with van der Waals surface area (Å²) in [6.45, 7) is 6.97. The number of aryl methyl sites for hydroxylation is 1. The van der Waals surface area contributed by atoms with Gasteiger partial charge in [-0.05, 0) is 30.0 Å². The summed E-state index contributed by atoms with van der Waals surface area (Å²) >= 11 is 3.58. The summed E-state index contributed by atoms with van der Waals surface area (Å²) in [5, 5.41) is 3.44. The van der Waals surface area contributed by atoms with Crippen LogP contribution < -0.4 is 5.32 Å². The second kappa shape index (κ2) is 7.05. The van der Waals surface area contributed by atoms with Gasteiger partial charge in [0.2, 0.25) is 0 Å². The van der Waals surface area contributed by atoms with E-state index in [2.05, 4.69) is 53.3 Å². The topological polar surface area (TPSA) is 21.3 Å². The molecule has 0 radical (unpaired) electrons. The Labute approximate surface area is 107 Å². The van der Waals surface area contributed by atoms with Crippen molar-refractivity contribution in [3.63, 3.8) is 0 Å². The smallest absolute Gasteiger partial charge is 0.0499 e. The number of methoxy groups -OCH3 is 1. The summed E-state index contributed by atoms with van der Waals surface area (Å²) in [4.78, 5) is 0. The molecular formula is C13H20BrNO. The van der Waals surface area contributed by atoms with Crippen LogP contribution in [0.5, 0.6) is 0 Å². The van der Waals surface area contributed by atoms with Crippen LogP contribution in [-0.4, -0.2) is 20.3 Å². The van der Waals surface area contributed by atoms with Gasteiger partial charge in [-0.2, -0.15) is 0 Å². The molecule has 0 heterocycles. The Kier molecular flexibility index (Phi) is 6.03. The predicted molar refractivity (Wildman–Crippen MR) is 71.6 cm³/mol. The zero-order valence-electron chi connectivity index (χ0n) is 10.2. The minimum Gasteiger partial charge on any atom is -0.384 e. The fourth-order valence-corrected chi connectivity index (χ4v) is 2.23.